The van der Waals surface area contributed by atoms with Crippen molar-refractivity contribution in [3.05, 3.63) is 17.0 Å². The van der Waals surface area contributed by atoms with Crippen LogP contribution in [0.2, 0.25) is 0 Å². The first-order chi connectivity index (χ1) is 13.1. The highest BCUT2D eigenvalue weighted by Gasteiger charge is 2.34. The number of piperidine rings is 2. The minimum atomic E-state index is 0.242. The average molecular weight is 374 g/mol. The molecule has 1 amide bonds. The van der Waals surface area contributed by atoms with Gasteiger partial charge >= 0.3 is 0 Å². The Morgan fingerprint density at radius 1 is 1.04 bits per heavy atom. The Morgan fingerprint density at radius 3 is 2.44 bits per heavy atom. The Kier molecular flexibility index (Phi) is 5.83. The SMILES string of the molecule is Cc1n[nH]c(C)c1CN1CCC(N2CCC[C@H](C(=O)N3CCCC3)C2)CC1. The van der Waals surface area contributed by atoms with Crippen LogP contribution in [0.25, 0.3) is 0 Å². The molecule has 0 aliphatic carbocycles. The molecule has 1 atom stereocenters. The number of H-pyrrole nitrogens is 1. The predicted octanol–water partition coefficient (Wildman–Crippen LogP) is 2.33. The lowest BCUT2D eigenvalue weighted by Gasteiger charge is -2.42. The van der Waals surface area contributed by atoms with E-state index in [2.05, 4.69) is 38.7 Å². The molecule has 4 rings (SSSR count). The van der Waals surface area contributed by atoms with E-state index in [1.807, 2.05) is 0 Å². The maximum absolute atomic E-state index is 12.8. The van der Waals surface area contributed by atoms with Crippen LogP contribution in [0.5, 0.6) is 0 Å². The van der Waals surface area contributed by atoms with E-state index in [0.717, 1.165) is 51.4 Å². The number of likely N-dealkylation sites (tertiary alicyclic amines) is 3. The lowest BCUT2D eigenvalue weighted by molar-refractivity contribution is -0.136. The molecular formula is C21H35N5O. The molecule has 4 heterocycles. The summed E-state index contributed by atoms with van der Waals surface area (Å²) in [5.74, 6) is 0.673. The fourth-order valence-electron chi connectivity index (χ4n) is 5.21. The van der Waals surface area contributed by atoms with Gasteiger partial charge in [-0.25, -0.2) is 0 Å². The number of rotatable bonds is 4. The summed E-state index contributed by atoms with van der Waals surface area (Å²) in [5, 5.41) is 7.44. The van der Waals surface area contributed by atoms with Gasteiger partial charge in [0.1, 0.15) is 0 Å². The molecule has 0 radical (unpaired) electrons. The second-order valence-electron chi connectivity index (χ2n) is 8.79. The van der Waals surface area contributed by atoms with Gasteiger partial charge in [0.15, 0.2) is 0 Å². The van der Waals surface area contributed by atoms with E-state index in [-0.39, 0.29) is 5.92 Å². The highest BCUT2D eigenvalue weighted by Crippen LogP contribution is 2.27. The molecule has 0 unspecified atom stereocenters. The van der Waals surface area contributed by atoms with E-state index in [1.165, 1.54) is 49.9 Å². The summed E-state index contributed by atoms with van der Waals surface area (Å²) in [5.41, 5.74) is 3.70. The van der Waals surface area contributed by atoms with Crippen molar-refractivity contribution in [3.8, 4) is 0 Å². The molecule has 3 aliphatic rings. The lowest BCUT2D eigenvalue weighted by Crippen LogP contribution is -2.51. The number of nitrogens with one attached hydrogen (secondary N) is 1. The smallest absolute Gasteiger partial charge is 0.226 e. The number of aromatic nitrogens is 2. The topological polar surface area (TPSA) is 55.5 Å². The maximum atomic E-state index is 12.8. The van der Waals surface area contributed by atoms with Gasteiger partial charge in [-0.3, -0.25) is 19.7 Å². The average Bonchev–Trinajstić information content (AvgIpc) is 3.34. The summed E-state index contributed by atoms with van der Waals surface area (Å²) >= 11 is 0. The fourth-order valence-corrected chi connectivity index (χ4v) is 5.21. The molecule has 3 aliphatic heterocycles. The van der Waals surface area contributed by atoms with Gasteiger partial charge < -0.3 is 4.90 Å². The Balaban J connectivity index is 1.28. The van der Waals surface area contributed by atoms with E-state index in [1.54, 1.807) is 0 Å². The van der Waals surface area contributed by atoms with E-state index in [0.29, 0.717) is 11.9 Å². The lowest BCUT2D eigenvalue weighted by atomic mass is 9.92. The van der Waals surface area contributed by atoms with Crippen molar-refractivity contribution in [2.75, 3.05) is 39.3 Å². The van der Waals surface area contributed by atoms with Crippen LogP contribution in [-0.2, 0) is 11.3 Å². The molecule has 3 saturated heterocycles. The first-order valence-corrected chi connectivity index (χ1v) is 10.9. The Labute approximate surface area is 163 Å². The number of carbonyl (C=O) groups is 1. The normalized spacial score (nSPS) is 26.0. The van der Waals surface area contributed by atoms with Crippen LogP contribution in [0, 0.1) is 19.8 Å². The van der Waals surface area contributed by atoms with Gasteiger partial charge in [-0.1, -0.05) is 0 Å². The molecule has 1 aromatic rings. The molecule has 3 fully saturated rings. The highest BCUT2D eigenvalue weighted by atomic mass is 16.2. The molecule has 150 valence electrons. The zero-order valence-corrected chi connectivity index (χ0v) is 17.0. The molecule has 1 aromatic heterocycles. The van der Waals surface area contributed by atoms with E-state index in [4.69, 9.17) is 0 Å². The number of hydrogen-bond donors (Lipinski definition) is 1. The summed E-state index contributed by atoms with van der Waals surface area (Å²) in [6, 6.07) is 0.655. The summed E-state index contributed by atoms with van der Waals surface area (Å²) in [6.07, 6.45) is 7.09. The third-order valence-electron chi connectivity index (χ3n) is 6.96. The van der Waals surface area contributed by atoms with Crippen LogP contribution in [0.3, 0.4) is 0 Å². The van der Waals surface area contributed by atoms with Crippen molar-refractivity contribution in [2.24, 2.45) is 5.92 Å². The van der Waals surface area contributed by atoms with Crippen molar-refractivity contribution in [3.63, 3.8) is 0 Å². The second-order valence-corrected chi connectivity index (χ2v) is 8.79. The first kappa shape index (κ1) is 18.9. The van der Waals surface area contributed by atoms with Gasteiger partial charge in [0.2, 0.25) is 5.91 Å². The number of hydrogen-bond acceptors (Lipinski definition) is 4. The van der Waals surface area contributed by atoms with Gasteiger partial charge in [-0.05, 0) is 72.0 Å². The third kappa shape index (κ3) is 4.21. The van der Waals surface area contributed by atoms with Gasteiger partial charge in [-0.15, -0.1) is 0 Å². The largest absolute Gasteiger partial charge is 0.342 e. The molecule has 6 nitrogen and oxygen atoms in total. The fraction of sp³-hybridized carbons (Fsp3) is 0.810. The molecule has 6 heteroatoms. The van der Waals surface area contributed by atoms with Gasteiger partial charge in [-0.2, -0.15) is 5.10 Å². The number of amides is 1. The Hall–Kier alpha value is -1.40. The number of nitrogens with zero attached hydrogens (tertiary/aromatic N) is 4. The minimum Gasteiger partial charge on any atom is -0.342 e. The maximum Gasteiger partial charge on any atom is 0.226 e. The molecule has 27 heavy (non-hydrogen) atoms. The summed E-state index contributed by atoms with van der Waals surface area (Å²) in [7, 11) is 0. The van der Waals surface area contributed by atoms with Crippen molar-refractivity contribution in [2.45, 2.75) is 65.0 Å². The highest BCUT2D eigenvalue weighted by molar-refractivity contribution is 5.79. The van der Waals surface area contributed by atoms with Crippen molar-refractivity contribution >= 4 is 5.91 Å². The zero-order valence-electron chi connectivity index (χ0n) is 17.0. The molecule has 0 bridgehead atoms. The van der Waals surface area contributed by atoms with Crippen LogP contribution in [0.4, 0.5) is 0 Å². The summed E-state index contributed by atoms with van der Waals surface area (Å²) in [4.78, 5) is 20.1. The molecular weight excluding hydrogens is 338 g/mol. The molecule has 0 aromatic carbocycles. The zero-order chi connectivity index (χ0) is 18.8. The summed E-state index contributed by atoms with van der Waals surface area (Å²) in [6.45, 7) is 11.7. The van der Waals surface area contributed by atoms with Crippen molar-refractivity contribution in [1.82, 2.24) is 24.9 Å². The van der Waals surface area contributed by atoms with Crippen molar-refractivity contribution < 1.29 is 4.79 Å². The number of aryl methyl sites for hydroxylation is 2. The summed E-state index contributed by atoms with van der Waals surface area (Å²) < 4.78 is 0. The monoisotopic (exact) mass is 373 g/mol. The van der Waals surface area contributed by atoms with Crippen LogP contribution in [0.15, 0.2) is 0 Å². The van der Waals surface area contributed by atoms with Crippen LogP contribution >= 0.6 is 0 Å². The van der Waals surface area contributed by atoms with Crippen LogP contribution in [-0.4, -0.2) is 76.1 Å². The van der Waals surface area contributed by atoms with E-state index in [9.17, 15) is 4.79 Å². The third-order valence-corrected chi connectivity index (χ3v) is 6.96. The molecule has 0 saturated carbocycles. The van der Waals surface area contributed by atoms with E-state index < -0.39 is 0 Å². The van der Waals surface area contributed by atoms with Gasteiger partial charge in [0.25, 0.3) is 0 Å². The standard InChI is InChI=1S/C21H35N5O/c1-16-20(17(2)23-22-16)15-24-12-7-19(8-13-24)26-11-5-6-18(14-26)21(27)25-9-3-4-10-25/h18-19H,3-15H2,1-2H3,(H,22,23)/t18-/m0/s1. The quantitative estimate of drug-likeness (QED) is 0.880. The van der Waals surface area contributed by atoms with Crippen LogP contribution < -0.4 is 0 Å². The van der Waals surface area contributed by atoms with E-state index >= 15 is 0 Å². The molecule has 1 N–H and O–H groups in total. The van der Waals surface area contributed by atoms with Crippen LogP contribution in [0.1, 0.15) is 55.5 Å². The first-order valence-electron chi connectivity index (χ1n) is 10.9. The second kappa shape index (κ2) is 8.31. The number of carbonyl (C=O) groups excluding carboxylic acids is 1. The van der Waals surface area contributed by atoms with Gasteiger partial charge in [0.05, 0.1) is 11.6 Å². The minimum absolute atomic E-state index is 0.242. The number of aromatic amines is 1. The molecule has 0 spiro atoms. The predicted molar refractivity (Wildman–Crippen MR) is 106 cm³/mol. The Morgan fingerprint density at radius 2 is 1.78 bits per heavy atom. The van der Waals surface area contributed by atoms with Crippen molar-refractivity contribution in [1.29, 1.82) is 0 Å². The Bertz CT molecular complexity index is 623. The van der Waals surface area contributed by atoms with Gasteiger partial charge in [0, 0.05) is 43.5 Å².